The molecule has 188 valence electrons. The number of likely N-dealkylation sites (tertiary alicyclic amines) is 1. The number of piperidine rings is 1. The molecule has 1 aromatic rings. The molecule has 1 aliphatic carbocycles. The molecule has 2 heterocycles. The van der Waals surface area contributed by atoms with Crippen molar-refractivity contribution in [2.45, 2.75) is 70.4 Å². The van der Waals surface area contributed by atoms with Crippen molar-refractivity contribution >= 4 is 27.7 Å². The molecule has 2 atom stereocenters. The van der Waals surface area contributed by atoms with E-state index in [-0.39, 0.29) is 17.9 Å². The number of rotatable bonds is 8. The van der Waals surface area contributed by atoms with Gasteiger partial charge in [0.05, 0.1) is 6.04 Å². The minimum absolute atomic E-state index is 0.0560. The molecular formula is C27H41BrN4O2. The maximum atomic E-state index is 13.4. The minimum Gasteiger partial charge on any atom is -0.355 e. The molecule has 0 unspecified atom stereocenters. The van der Waals surface area contributed by atoms with Crippen LogP contribution >= 0.6 is 15.9 Å². The average Bonchev–Trinajstić information content (AvgIpc) is 3.37. The van der Waals surface area contributed by atoms with E-state index < -0.39 is 0 Å². The fourth-order valence-corrected chi connectivity index (χ4v) is 6.45. The van der Waals surface area contributed by atoms with E-state index in [4.69, 9.17) is 0 Å². The standard InChI is InChI=1S/C27H41BrN4O2/c1-21-8-4-5-14-30(21)15-7-13-29-26(33)25(22-9-2-3-10-22)31-16-18-32(19-17-31)27(34)23-11-6-12-24(28)20-23/h6,11-12,20-22,25H,2-5,7-10,13-19H2,1H3,(H,29,33)/t21-,25-/m0/s1. The Kier molecular flexibility index (Phi) is 9.43. The first kappa shape index (κ1) is 25.6. The monoisotopic (exact) mass is 532 g/mol. The molecule has 1 aromatic carbocycles. The van der Waals surface area contributed by atoms with Crippen molar-refractivity contribution in [3.63, 3.8) is 0 Å². The van der Waals surface area contributed by atoms with Crippen LogP contribution in [0.25, 0.3) is 0 Å². The molecule has 2 aliphatic heterocycles. The van der Waals surface area contributed by atoms with Gasteiger partial charge < -0.3 is 15.1 Å². The van der Waals surface area contributed by atoms with Crippen LogP contribution in [0.15, 0.2) is 28.7 Å². The molecular weight excluding hydrogens is 492 g/mol. The summed E-state index contributed by atoms with van der Waals surface area (Å²) in [6.45, 7) is 8.23. The lowest BCUT2D eigenvalue weighted by atomic mass is 9.95. The van der Waals surface area contributed by atoms with Gasteiger partial charge in [0.25, 0.3) is 5.91 Å². The Hall–Kier alpha value is -1.44. The lowest BCUT2D eigenvalue weighted by Gasteiger charge is -2.41. The van der Waals surface area contributed by atoms with E-state index in [1.807, 2.05) is 29.2 Å². The summed E-state index contributed by atoms with van der Waals surface area (Å²) in [5, 5.41) is 3.28. The van der Waals surface area contributed by atoms with Gasteiger partial charge in [0.15, 0.2) is 0 Å². The lowest BCUT2D eigenvalue weighted by Crippen LogP contribution is -2.58. The van der Waals surface area contributed by atoms with Crippen LogP contribution in [0.2, 0.25) is 0 Å². The summed E-state index contributed by atoms with van der Waals surface area (Å²) in [6.07, 6.45) is 9.69. The zero-order valence-corrected chi connectivity index (χ0v) is 22.3. The topological polar surface area (TPSA) is 55.9 Å². The largest absolute Gasteiger partial charge is 0.355 e. The van der Waals surface area contributed by atoms with Crippen LogP contribution in [0.3, 0.4) is 0 Å². The van der Waals surface area contributed by atoms with E-state index in [1.54, 1.807) is 0 Å². The van der Waals surface area contributed by atoms with Gasteiger partial charge in [0, 0.05) is 55.3 Å². The van der Waals surface area contributed by atoms with Crippen molar-refractivity contribution in [1.82, 2.24) is 20.0 Å². The molecule has 1 N–H and O–H groups in total. The predicted octanol–water partition coefficient (Wildman–Crippen LogP) is 4.15. The number of nitrogens with zero attached hydrogens (tertiary/aromatic N) is 3. The Morgan fingerprint density at radius 3 is 2.47 bits per heavy atom. The van der Waals surface area contributed by atoms with Gasteiger partial charge in [-0.2, -0.15) is 0 Å². The Morgan fingerprint density at radius 1 is 1.03 bits per heavy atom. The molecule has 4 rings (SSSR count). The molecule has 0 bridgehead atoms. The molecule has 34 heavy (non-hydrogen) atoms. The maximum Gasteiger partial charge on any atom is 0.253 e. The van der Waals surface area contributed by atoms with Gasteiger partial charge in [-0.05, 0) is 69.7 Å². The van der Waals surface area contributed by atoms with Crippen LogP contribution in [0.1, 0.15) is 68.6 Å². The summed E-state index contributed by atoms with van der Waals surface area (Å²) in [4.78, 5) is 33.2. The SMILES string of the molecule is C[C@H]1CCCCN1CCCNC(=O)[C@H](C1CCCC1)N1CCN(C(=O)c2cccc(Br)c2)CC1. The van der Waals surface area contributed by atoms with E-state index in [1.165, 1.54) is 38.6 Å². The predicted molar refractivity (Wildman–Crippen MR) is 140 cm³/mol. The molecule has 6 nitrogen and oxygen atoms in total. The first-order chi connectivity index (χ1) is 16.5. The molecule has 2 amide bonds. The number of amides is 2. The second-order valence-electron chi connectivity index (χ2n) is 10.4. The number of benzene rings is 1. The minimum atomic E-state index is -0.0560. The zero-order valence-electron chi connectivity index (χ0n) is 20.7. The molecule has 0 aromatic heterocycles. The van der Waals surface area contributed by atoms with Crippen LogP contribution < -0.4 is 5.32 Å². The van der Waals surface area contributed by atoms with Gasteiger partial charge in [-0.1, -0.05) is 41.3 Å². The van der Waals surface area contributed by atoms with Crippen molar-refractivity contribution < 1.29 is 9.59 Å². The number of halogens is 1. The molecule has 3 aliphatic rings. The number of hydrogen-bond donors (Lipinski definition) is 1. The highest BCUT2D eigenvalue weighted by molar-refractivity contribution is 9.10. The van der Waals surface area contributed by atoms with E-state index in [9.17, 15) is 9.59 Å². The number of piperazine rings is 1. The Morgan fingerprint density at radius 2 is 1.76 bits per heavy atom. The van der Waals surface area contributed by atoms with Gasteiger partial charge in [0.2, 0.25) is 5.91 Å². The van der Waals surface area contributed by atoms with Crippen LogP contribution in [0, 0.1) is 5.92 Å². The smallest absolute Gasteiger partial charge is 0.253 e. The van der Waals surface area contributed by atoms with Crippen LogP contribution in [-0.2, 0) is 4.79 Å². The summed E-state index contributed by atoms with van der Waals surface area (Å²) >= 11 is 3.46. The van der Waals surface area contributed by atoms with E-state index in [0.717, 1.165) is 55.5 Å². The number of carbonyl (C=O) groups is 2. The lowest BCUT2D eigenvalue weighted by molar-refractivity contribution is -0.129. The number of carbonyl (C=O) groups excluding carboxylic acids is 2. The van der Waals surface area contributed by atoms with Crippen molar-refractivity contribution in [2.24, 2.45) is 5.92 Å². The third kappa shape index (κ3) is 6.61. The Labute approximate surface area is 213 Å². The van der Waals surface area contributed by atoms with Gasteiger partial charge >= 0.3 is 0 Å². The van der Waals surface area contributed by atoms with Crippen molar-refractivity contribution in [1.29, 1.82) is 0 Å². The van der Waals surface area contributed by atoms with E-state index >= 15 is 0 Å². The highest BCUT2D eigenvalue weighted by Crippen LogP contribution is 2.31. The van der Waals surface area contributed by atoms with E-state index in [0.29, 0.717) is 25.0 Å². The molecule has 7 heteroatoms. The fourth-order valence-electron chi connectivity index (χ4n) is 6.05. The average molecular weight is 534 g/mol. The first-order valence-electron chi connectivity index (χ1n) is 13.3. The van der Waals surface area contributed by atoms with Crippen LogP contribution in [0.4, 0.5) is 0 Å². The molecule has 0 radical (unpaired) electrons. The van der Waals surface area contributed by atoms with Gasteiger partial charge in [-0.25, -0.2) is 0 Å². The van der Waals surface area contributed by atoms with Gasteiger partial charge in [-0.15, -0.1) is 0 Å². The van der Waals surface area contributed by atoms with Crippen LogP contribution in [0.5, 0.6) is 0 Å². The summed E-state index contributed by atoms with van der Waals surface area (Å²) in [5.41, 5.74) is 0.718. The maximum absolute atomic E-state index is 13.4. The highest BCUT2D eigenvalue weighted by Gasteiger charge is 2.37. The fraction of sp³-hybridized carbons (Fsp3) is 0.704. The second-order valence-corrected chi connectivity index (χ2v) is 11.3. The molecule has 2 saturated heterocycles. The van der Waals surface area contributed by atoms with Crippen molar-refractivity contribution in [2.75, 3.05) is 45.8 Å². The first-order valence-corrected chi connectivity index (χ1v) is 14.1. The number of nitrogens with one attached hydrogen (secondary N) is 1. The van der Waals surface area contributed by atoms with Crippen molar-refractivity contribution in [3.05, 3.63) is 34.3 Å². The van der Waals surface area contributed by atoms with Gasteiger partial charge in [-0.3, -0.25) is 14.5 Å². The van der Waals surface area contributed by atoms with Crippen molar-refractivity contribution in [3.8, 4) is 0 Å². The van der Waals surface area contributed by atoms with E-state index in [2.05, 4.69) is 38.0 Å². The zero-order chi connectivity index (χ0) is 23.9. The molecule has 0 spiro atoms. The Balaban J connectivity index is 1.29. The third-order valence-corrected chi connectivity index (χ3v) is 8.54. The third-order valence-electron chi connectivity index (χ3n) is 8.04. The summed E-state index contributed by atoms with van der Waals surface area (Å²) < 4.78 is 0.921. The molecule has 1 saturated carbocycles. The number of hydrogen-bond acceptors (Lipinski definition) is 4. The van der Waals surface area contributed by atoms with Crippen LogP contribution in [-0.4, -0.2) is 84.4 Å². The summed E-state index contributed by atoms with van der Waals surface area (Å²) in [6, 6.07) is 8.21. The normalized spacial score (nSPS) is 23.7. The second kappa shape index (κ2) is 12.5. The molecule has 3 fully saturated rings. The Bertz CT molecular complexity index is 821. The summed E-state index contributed by atoms with van der Waals surface area (Å²) in [7, 11) is 0. The highest BCUT2D eigenvalue weighted by atomic mass is 79.9. The summed E-state index contributed by atoms with van der Waals surface area (Å²) in [5.74, 6) is 0.717. The van der Waals surface area contributed by atoms with Gasteiger partial charge in [0.1, 0.15) is 0 Å². The quantitative estimate of drug-likeness (QED) is 0.511.